The van der Waals surface area contributed by atoms with Gasteiger partial charge in [-0.3, -0.25) is 9.69 Å². The van der Waals surface area contributed by atoms with Crippen LogP contribution in [0.2, 0.25) is 0 Å². The summed E-state index contributed by atoms with van der Waals surface area (Å²) in [6.07, 6.45) is 4.43. The molecule has 1 aliphatic heterocycles. The van der Waals surface area contributed by atoms with Gasteiger partial charge in [-0.1, -0.05) is 13.3 Å². The third-order valence-electron chi connectivity index (χ3n) is 4.86. The van der Waals surface area contributed by atoms with Crippen molar-refractivity contribution >= 4 is 17.3 Å². The second kappa shape index (κ2) is 9.07. The van der Waals surface area contributed by atoms with Crippen LogP contribution in [0.25, 0.3) is 0 Å². The van der Waals surface area contributed by atoms with E-state index in [0.29, 0.717) is 6.04 Å². The largest absolute Gasteiger partial charge is 0.369 e. The normalized spacial score (nSPS) is 18.6. The molecule has 24 heavy (non-hydrogen) atoms. The predicted octanol–water partition coefficient (Wildman–Crippen LogP) is 4.12. The minimum absolute atomic E-state index is 0.0289. The Labute approximate surface area is 147 Å². The molecular formula is C20H33N3O. The first-order valence-electron chi connectivity index (χ1n) is 9.48. The molecule has 0 radical (unpaired) electrons. The summed E-state index contributed by atoms with van der Waals surface area (Å²) in [5.41, 5.74) is 2.10. The van der Waals surface area contributed by atoms with Crippen molar-refractivity contribution in [2.24, 2.45) is 0 Å². The van der Waals surface area contributed by atoms with E-state index in [1.165, 1.54) is 12.1 Å². The van der Waals surface area contributed by atoms with E-state index in [2.05, 4.69) is 54.9 Å². The van der Waals surface area contributed by atoms with E-state index in [0.717, 1.165) is 44.6 Å². The summed E-state index contributed by atoms with van der Waals surface area (Å²) in [7, 11) is 0. The monoisotopic (exact) mass is 331 g/mol. The molecule has 1 fully saturated rings. The second-order valence-electron chi connectivity index (χ2n) is 6.96. The standard InChI is InChI=1S/C20H33N3O/c1-5-14-22-15-8-7-9-19(22)20(24)21-17-10-12-18(13-11-17)23(6-2)16(3)4/h10-13,16,19H,5-9,14-15H2,1-4H3,(H,21,24). The number of nitrogens with one attached hydrogen (secondary N) is 1. The Kier molecular flexibility index (Phi) is 7.10. The van der Waals surface area contributed by atoms with Crippen LogP contribution in [-0.2, 0) is 4.79 Å². The molecule has 4 heteroatoms. The number of piperidine rings is 1. The maximum Gasteiger partial charge on any atom is 0.241 e. The minimum atomic E-state index is 0.0289. The molecule has 4 nitrogen and oxygen atoms in total. The number of anilines is 2. The van der Waals surface area contributed by atoms with Gasteiger partial charge in [0.05, 0.1) is 6.04 Å². The van der Waals surface area contributed by atoms with Gasteiger partial charge >= 0.3 is 0 Å². The molecule has 0 aliphatic carbocycles. The Morgan fingerprint density at radius 2 is 1.96 bits per heavy atom. The quantitative estimate of drug-likeness (QED) is 0.816. The van der Waals surface area contributed by atoms with Gasteiger partial charge in [-0.05, 0) is 77.4 Å². The molecule has 134 valence electrons. The lowest BCUT2D eigenvalue weighted by atomic mass is 10.0. The van der Waals surface area contributed by atoms with Crippen LogP contribution >= 0.6 is 0 Å². The van der Waals surface area contributed by atoms with E-state index in [4.69, 9.17) is 0 Å². The first kappa shape index (κ1) is 18.8. The van der Waals surface area contributed by atoms with Crippen molar-refractivity contribution in [1.29, 1.82) is 0 Å². The predicted molar refractivity (Wildman–Crippen MR) is 103 cm³/mol. The number of hydrogen-bond acceptors (Lipinski definition) is 3. The van der Waals surface area contributed by atoms with Crippen molar-refractivity contribution in [3.63, 3.8) is 0 Å². The molecule has 0 bridgehead atoms. The van der Waals surface area contributed by atoms with Crippen molar-refractivity contribution in [3.05, 3.63) is 24.3 Å². The zero-order valence-electron chi connectivity index (χ0n) is 15.7. The van der Waals surface area contributed by atoms with E-state index >= 15 is 0 Å². The number of hydrogen-bond donors (Lipinski definition) is 1. The molecule has 1 aliphatic rings. The average molecular weight is 332 g/mol. The van der Waals surface area contributed by atoms with Gasteiger partial charge < -0.3 is 10.2 Å². The van der Waals surface area contributed by atoms with Gasteiger partial charge in [0.15, 0.2) is 0 Å². The molecular weight excluding hydrogens is 298 g/mol. The Hall–Kier alpha value is -1.55. The van der Waals surface area contributed by atoms with E-state index in [1.54, 1.807) is 0 Å². The molecule has 1 atom stereocenters. The summed E-state index contributed by atoms with van der Waals surface area (Å²) in [6.45, 7) is 11.8. The smallest absolute Gasteiger partial charge is 0.241 e. The summed E-state index contributed by atoms with van der Waals surface area (Å²) in [5.74, 6) is 0.145. The van der Waals surface area contributed by atoms with Crippen LogP contribution in [0, 0.1) is 0 Å². The van der Waals surface area contributed by atoms with Crippen LogP contribution in [0.5, 0.6) is 0 Å². The van der Waals surface area contributed by atoms with Crippen LogP contribution < -0.4 is 10.2 Å². The van der Waals surface area contributed by atoms with E-state index in [-0.39, 0.29) is 11.9 Å². The van der Waals surface area contributed by atoms with Crippen molar-refractivity contribution in [1.82, 2.24) is 4.90 Å². The van der Waals surface area contributed by atoms with Gasteiger partial charge in [-0.15, -0.1) is 0 Å². The Morgan fingerprint density at radius 3 is 2.54 bits per heavy atom. The van der Waals surface area contributed by atoms with Gasteiger partial charge in [0, 0.05) is 24.0 Å². The molecule has 0 spiro atoms. The fourth-order valence-corrected chi connectivity index (χ4v) is 3.65. The minimum Gasteiger partial charge on any atom is -0.369 e. The van der Waals surface area contributed by atoms with Crippen molar-refractivity contribution < 1.29 is 4.79 Å². The zero-order chi connectivity index (χ0) is 17.5. The number of amides is 1. The fourth-order valence-electron chi connectivity index (χ4n) is 3.65. The number of nitrogens with zero attached hydrogens (tertiary/aromatic N) is 2. The number of carbonyl (C=O) groups excluding carboxylic acids is 1. The van der Waals surface area contributed by atoms with Gasteiger partial charge in [-0.25, -0.2) is 0 Å². The van der Waals surface area contributed by atoms with Gasteiger partial charge in [0.2, 0.25) is 5.91 Å². The zero-order valence-corrected chi connectivity index (χ0v) is 15.7. The Bertz CT molecular complexity index is 510. The van der Waals surface area contributed by atoms with Crippen LogP contribution in [0.15, 0.2) is 24.3 Å². The number of carbonyl (C=O) groups is 1. The van der Waals surface area contributed by atoms with Crippen LogP contribution in [0.1, 0.15) is 53.4 Å². The number of rotatable bonds is 7. The molecule has 1 heterocycles. The van der Waals surface area contributed by atoms with Crippen LogP contribution in [-0.4, -0.2) is 42.5 Å². The molecule has 1 amide bonds. The second-order valence-corrected chi connectivity index (χ2v) is 6.96. The lowest BCUT2D eigenvalue weighted by Crippen LogP contribution is -2.47. The lowest BCUT2D eigenvalue weighted by Gasteiger charge is -2.34. The van der Waals surface area contributed by atoms with Gasteiger partial charge in [-0.2, -0.15) is 0 Å². The van der Waals surface area contributed by atoms with Crippen LogP contribution in [0.3, 0.4) is 0 Å². The lowest BCUT2D eigenvalue weighted by molar-refractivity contribution is -0.122. The molecule has 1 unspecified atom stereocenters. The highest BCUT2D eigenvalue weighted by molar-refractivity contribution is 5.95. The highest BCUT2D eigenvalue weighted by Crippen LogP contribution is 2.22. The third-order valence-corrected chi connectivity index (χ3v) is 4.86. The van der Waals surface area contributed by atoms with Crippen molar-refractivity contribution in [2.45, 2.75) is 65.5 Å². The molecule has 0 aromatic heterocycles. The Morgan fingerprint density at radius 1 is 1.25 bits per heavy atom. The highest BCUT2D eigenvalue weighted by Gasteiger charge is 2.27. The summed E-state index contributed by atoms with van der Waals surface area (Å²) in [4.78, 5) is 17.4. The summed E-state index contributed by atoms with van der Waals surface area (Å²) in [6, 6.07) is 8.74. The first-order valence-corrected chi connectivity index (χ1v) is 9.48. The number of likely N-dealkylation sites (tertiary alicyclic amines) is 1. The van der Waals surface area contributed by atoms with E-state index < -0.39 is 0 Å². The van der Waals surface area contributed by atoms with E-state index in [9.17, 15) is 4.79 Å². The number of benzene rings is 1. The average Bonchev–Trinajstić information content (AvgIpc) is 2.57. The maximum atomic E-state index is 12.7. The van der Waals surface area contributed by atoms with Crippen molar-refractivity contribution in [2.75, 3.05) is 29.9 Å². The molecule has 1 saturated heterocycles. The summed E-state index contributed by atoms with van der Waals surface area (Å²) >= 11 is 0. The maximum absolute atomic E-state index is 12.7. The topological polar surface area (TPSA) is 35.6 Å². The van der Waals surface area contributed by atoms with Crippen molar-refractivity contribution in [3.8, 4) is 0 Å². The molecule has 0 saturated carbocycles. The molecule has 1 aromatic carbocycles. The fraction of sp³-hybridized carbons (Fsp3) is 0.650. The Balaban J connectivity index is 2.00. The summed E-state index contributed by atoms with van der Waals surface area (Å²) in [5, 5.41) is 3.11. The van der Waals surface area contributed by atoms with Gasteiger partial charge in [0.25, 0.3) is 0 Å². The van der Waals surface area contributed by atoms with E-state index in [1.807, 2.05) is 12.1 Å². The summed E-state index contributed by atoms with van der Waals surface area (Å²) < 4.78 is 0. The highest BCUT2D eigenvalue weighted by atomic mass is 16.2. The third kappa shape index (κ3) is 4.73. The molecule has 2 rings (SSSR count). The SMILES string of the molecule is CCCN1CCCCC1C(=O)Nc1ccc(N(CC)C(C)C)cc1. The first-order chi connectivity index (χ1) is 11.6. The molecule has 1 aromatic rings. The molecule has 1 N–H and O–H groups in total. The van der Waals surface area contributed by atoms with Crippen LogP contribution in [0.4, 0.5) is 11.4 Å². The van der Waals surface area contributed by atoms with Gasteiger partial charge in [0.1, 0.15) is 0 Å².